The second kappa shape index (κ2) is 7.92. The summed E-state index contributed by atoms with van der Waals surface area (Å²) in [5.41, 5.74) is 0.647. The van der Waals surface area contributed by atoms with E-state index in [1.807, 2.05) is 0 Å². The molecule has 27 heavy (non-hydrogen) atoms. The molecule has 0 unspecified atom stereocenters. The van der Waals surface area contributed by atoms with Crippen LogP contribution in [0.4, 0.5) is 4.39 Å². The van der Waals surface area contributed by atoms with Crippen LogP contribution >= 0.6 is 11.6 Å². The number of rotatable bonds is 5. The number of nitrogens with zero attached hydrogens (tertiary/aromatic N) is 2. The fraction of sp³-hybridized carbons (Fsp3) is 0.316. The molecule has 8 heteroatoms. The first-order chi connectivity index (χ1) is 12.5. The molecule has 6 nitrogen and oxygen atoms in total. The minimum atomic E-state index is -1.28. The van der Waals surface area contributed by atoms with Crippen LogP contribution in [0.25, 0.3) is 6.08 Å². The molecule has 0 spiro atoms. The van der Waals surface area contributed by atoms with E-state index >= 15 is 0 Å². The Hall–Kier alpha value is -2.67. The lowest BCUT2D eigenvalue weighted by Crippen LogP contribution is -2.36. The van der Waals surface area contributed by atoms with E-state index in [0.717, 1.165) is 5.56 Å². The largest absolute Gasteiger partial charge is 0.477 e. The number of carboxylic acid groups (broad SMARTS) is 1. The van der Waals surface area contributed by atoms with Crippen molar-refractivity contribution in [1.82, 2.24) is 15.1 Å². The van der Waals surface area contributed by atoms with Gasteiger partial charge in [-0.25, -0.2) is 13.9 Å². The molecule has 1 heterocycles. The molecule has 0 saturated carbocycles. The van der Waals surface area contributed by atoms with E-state index in [4.69, 9.17) is 11.6 Å². The third-order valence-corrected chi connectivity index (χ3v) is 4.20. The van der Waals surface area contributed by atoms with E-state index < -0.39 is 17.3 Å². The van der Waals surface area contributed by atoms with Crippen LogP contribution in [0.15, 0.2) is 30.0 Å². The smallest absolute Gasteiger partial charge is 0.352 e. The standard InChI is InChI=1S/C19H21ClFN3O3/c1-11-14(9-15(17(25)26)22-18(27)19(2,3)4)16(20)24(23-11)10-12-5-7-13(21)8-6-12/h5-9H,10H2,1-4H3,(H,22,27)(H,25,26)/b15-9+. The topological polar surface area (TPSA) is 84.2 Å². The van der Waals surface area contributed by atoms with Crippen molar-refractivity contribution in [1.29, 1.82) is 0 Å². The van der Waals surface area contributed by atoms with Crippen LogP contribution in [0, 0.1) is 18.2 Å². The second-order valence-corrected chi connectivity index (χ2v) is 7.50. The van der Waals surface area contributed by atoms with Gasteiger partial charge in [0, 0.05) is 11.0 Å². The monoisotopic (exact) mass is 393 g/mol. The summed E-state index contributed by atoms with van der Waals surface area (Å²) in [5.74, 6) is -2.05. The summed E-state index contributed by atoms with van der Waals surface area (Å²) in [5, 5.41) is 16.4. The lowest BCUT2D eigenvalue weighted by Gasteiger charge is -2.17. The minimum Gasteiger partial charge on any atom is -0.477 e. The highest BCUT2D eigenvalue weighted by atomic mass is 35.5. The fourth-order valence-corrected chi connectivity index (χ4v) is 2.49. The van der Waals surface area contributed by atoms with Crippen LogP contribution in [0.2, 0.25) is 5.15 Å². The number of aryl methyl sites for hydroxylation is 1. The first kappa shape index (κ1) is 20.6. The lowest BCUT2D eigenvalue weighted by molar-refractivity contribution is -0.136. The number of carbonyl (C=O) groups is 2. The van der Waals surface area contributed by atoms with Gasteiger partial charge in [0.2, 0.25) is 5.91 Å². The Labute approximate surface area is 161 Å². The van der Waals surface area contributed by atoms with Crippen molar-refractivity contribution in [3.8, 4) is 0 Å². The summed E-state index contributed by atoms with van der Waals surface area (Å²) in [6, 6.07) is 5.91. The molecule has 0 bridgehead atoms. The predicted molar refractivity (Wildman–Crippen MR) is 101 cm³/mol. The van der Waals surface area contributed by atoms with Crippen molar-refractivity contribution in [3.63, 3.8) is 0 Å². The number of aromatic nitrogens is 2. The number of nitrogens with one attached hydrogen (secondary N) is 1. The molecule has 0 saturated heterocycles. The van der Waals surface area contributed by atoms with Crippen LogP contribution in [0.5, 0.6) is 0 Å². The van der Waals surface area contributed by atoms with Gasteiger partial charge >= 0.3 is 5.97 Å². The van der Waals surface area contributed by atoms with Gasteiger partial charge < -0.3 is 10.4 Å². The van der Waals surface area contributed by atoms with Gasteiger partial charge in [0.15, 0.2) is 0 Å². The van der Waals surface area contributed by atoms with E-state index in [0.29, 0.717) is 17.8 Å². The Balaban J connectivity index is 2.35. The maximum absolute atomic E-state index is 13.0. The van der Waals surface area contributed by atoms with Crippen LogP contribution in [0.3, 0.4) is 0 Å². The van der Waals surface area contributed by atoms with Crippen molar-refractivity contribution < 1.29 is 19.1 Å². The molecule has 2 aromatic rings. The quantitative estimate of drug-likeness (QED) is 0.760. The number of hydrogen-bond donors (Lipinski definition) is 2. The van der Waals surface area contributed by atoms with E-state index in [2.05, 4.69) is 10.4 Å². The highest BCUT2D eigenvalue weighted by Gasteiger charge is 2.24. The zero-order valence-electron chi connectivity index (χ0n) is 15.5. The van der Waals surface area contributed by atoms with Crippen LogP contribution < -0.4 is 5.32 Å². The molecule has 1 amide bonds. The summed E-state index contributed by atoms with van der Waals surface area (Å²) < 4.78 is 14.5. The van der Waals surface area contributed by atoms with E-state index in [1.54, 1.807) is 39.8 Å². The van der Waals surface area contributed by atoms with E-state index in [1.165, 1.54) is 22.9 Å². The third-order valence-electron chi connectivity index (χ3n) is 3.80. The molecular formula is C19H21ClFN3O3. The normalized spacial score (nSPS) is 12.1. The van der Waals surface area contributed by atoms with Crippen molar-refractivity contribution in [3.05, 3.63) is 57.8 Å². The predicted octanol–water partition coefficient (Wildman–Crippen LogP) is 3.62. The number of aliphatic carboxylic acids is 1. The first-order valence-corrected chi connectivity index (χ1v) is 8.60. The number of carbonyl (C=O) groups excluding carboxylic acids is 1. The maximum Gasteiger partial charge on any atom is 0.352 e. The maximum atomic E-state index is 13.0. The first-order valence-electron chi connectivity index (χ1n) is 8.23. The van der Waals surface area contributed by atoms with Crippen molar-refractivity contribution in [2.24, 2.45) is 5.41 Å². The molecule has 0 fully saturated rings. The summed E-state index contributed by atoms with van der Waals surface area (Å²) in [6.45, 7) is 7.02. The number of carboxylic acids is 1. The highest BCUT2D eigenvalue weighted by molar-refractivity contribution is 6.31. The Kier molecular flexibility index (Phi) is 6.05. The SMILES string of the molecule is Cc1nn(Cc2ccc(F)cc2)c(Cl)c1/C=C(/NC(=O)C(C)(C)C)C(=O)O. The lowest BCUT2D eigenvalue weighted by atomic mass is 9.95. The molecule has 1 aromatic carbocycles. The Morgan fingerprint density at radius 2 is 1.89 bits per heavy atom. The average Bonchev–Trinajstić information content (AvgIpc) is 2.82. The molecule has 0 aliphatic rings. The molecule has 0 atom stereocenters. The van der Waals surface area contributed by atoms with Crippen molar-refractivity contribution in [2.45, 2.75) is 34.2 Å². The molecular weight excluding hydrogens is 373 g/mol. The fourth-order valence-electron chi connectivity index (χ4n) is 2.20. The zero-order chi connectivity index (χ0) is 20.4. The molecule has 144 valence electrons. The van der Waals surface area contributed by atoms with Gasteiger partial charge in [-0.1, -0.05) is 44.5 Å². The Morgan fingerprint density at radius 1 is 1.30 bits per heavy atom. The molecule has 0 radical (unpaired) electrons. The van der Waals surface area contributed by atoms with Gasteiger partial charge in [-0.3, -0.25) is 4.79 Å². The van der Waals surface area contributed by atoms with Crippen molar-refractivity contribution >= 4 is 29.6 Å². The number of halogens is 2. The van der Waals surface area contributed by atoms with E-state index in [9.17, 15) is 19.1 Å². The number of amides is 1. The summed E-state index contributed by atoms with van der Waals surface area (Å²) in [4.78, 5) is 23.6. The van der Waals surface area contributed by atoms with Gasteiger partial charge in [-0.15, -0.1) is 0 Å². The third kappa shape index (κ3) is 5.17. The molecule has 2 N–H and O–H groups in total. The van der Waals surface area contributed by atoms with Gasteiger partial charge in [-0.2, -0.15) is 5.10 Å². The molecule has 1 aromatic heterocycles. The number of benzene rings is 1. The summed E-state index contributed by atoms with van der Waals surface area (Å²) >= 11 is 6.36. The average molecular weight is 394 g/mol. The Morgan fingerprint density at radius 3 is 2.41 bits per heavy atom. The summed E-state index contributed by atoms with van der Waals surface area (Å²) in [7, 11) is 0. The van der Waals surface area contributed by atoms with Crippen molar-refractivity contribution in [2.75, 3.05) is 0 Å². The van der Waals surface area contributed by atoms with Crippen LogP contribution in [-0.2, 0) is 16.1 Å². The second-order valence-electron chi connectivity index (χ2n) is 7.14. The minimum absolute atomic E-state index is 0.223. The molecule has 2 rings (SSSR count). The van der Waals surface area contributed by atoms with E-state index in [-0.39, 0.29) is 16.7 Å². The Bertz CT molecular complexity index is 896. The van der Waals surface area contributed by atoms with Crippen LogP contribution in [-0.4, -0.2) is 26.8 Å². The van der Waals surface area contributed by atoms with Gasteiger partial charge in [0.05, 0.1) is 12.2 Å². The zero-order valence-corrected chi connectivity index (χ0v) is 16.3. The van der Waals surface area contributed by atoms with Crippen LogP contribution in [0.1, 0.15) is 37.6 Å². The molecule has 0 aliphatic carbocycles. The number of hydrogen-bond acceptors (Lipinski definition) is 3. The van der Waals surface area contributed by atoms with Gasteiger partial charge in [0.1, 0.15) is 16.7 Å². The van der Waals surface area contributed by atoms with Gasteiger partial charge in [0.25, 0.3) is 0 Å². The summed E-state index contributed by atoms with van der Waals surface area (Å²) in [6.07, 6.45) is 1.29. The highest BCUT2D eigenvalue weighted by Crippen LogP contribution is 2.24. The van der Waals surface area contributed by atoms with Gasteiger partial charge in [-0.05, 0) is 30.7 Å². The molecule has 0 aliphatic heterocycles.